The number of Topliss-reactive ketones (excluding diaryl/α,β-unsaturated/α-hetero) is 1. The molecule has 1 unspecified atom stereocenters. The minimum atomic E-state index is -4.82. The van der Waals surface area contributed by atoms with Crippen LogP contribution in [-0.2, 0) is 20.7 Å². The summed E-state index contributed by atoms with van der Waals surface area (Å²) in [6, 6.07) is 20.2. The minimum Gasteiger partial charge on any atom is -0.489 e. The zero-order valence-corrected chi connectivity index (χ0v) is 20.1. The highest BCUT2D eigenvalue weighted by Crippen LogP contribution is 2.29. The van der Waals surface area contributed by atoms with Gasteiger partial charge < -0.3 is 14.2 Å². The highest BCUT2D eigenvalue weighted by molar-refractivity contribution is 8.15. The molecule has 10 heteroatoms. The summed E-state index contributed by atoms with van der Waals surface area (Å²) in [5, 5.41) is -0.505. The third-order valence-electron chi connectivity index (χ3n) is 5.44. The van der Waals surface area contributed by atoms with Crippen molar-refractivity contribution in [3.63, 3.8) is 0 Å². The lowest BCUT2D eigenvalue weighted by Gasteiger charge is -2.20. The van der Waals surface area contributed by atoms with Crippen LogP contribution >= 0.6 is 11.8 Å². The number of benzene rings is 3. The van der Waals surface area contributed by atoms with Crippen LogP contribution in [0.3, 0.4) is 0 Å². The Labute approximate surface area is 214 Å². The lowest BCUT2D eigenvalue weighted by molar-refractivity contribution is -0.274. The van der Waals surface area contributed by atoms with Gasteiger partial charge in [-0.2, -0.15) is 0 Å². The van der Waals surface area contributed by atoms with Gasteiger partial charge in [0.05, 0.1) is 17.2 Å². The molecule has 2 atom stereocenters. The number of alkyl halides is 3. The Kier molecular flexibility index (Phi) is 8.17. The zero-order valence-electron chi connectivity index (χ0n) is 19.3. The van der Waals surface area contributed by atoms with Crippen LogP contribution in [0.25, 0.3) is 0 Å². The van der Waals surface area contributed by atoms with Crippen molar-refractivity contribution in [2.75, 3.05) is 6.61 Å². The topological polar surface area (TPSA) is 78.9 Å². The summed E-state index contributed by atoms with van der Waals surface area (Å²) in [6.45, 7) is -0.108. The standard InChI is InChI=1S/C27H21F3O6S/c28-27(29,30)36-21-12-8-18(9-13-21)23(35-26(33)19-4-2-1-3-5-19)16-34-20-10-6-17(7-11-20)14-24-22(31)15-25(32)37-24/h1-13,23-24H,14-16H2/t23-,24?/m1/s1. The molecule has 37 heavy (non-hydrogen) atoms. The molecule has 0 aromatic heterocycles. The number of hydrogen-bond donors (Lipinski definition) is 0. The van der Waals surface area contributed by atoms with Gasteiger partial charge in [0.25, 0.3) is 0 Å². The Morgan fingerprint density at radius 2 is 1.57 bits per heavy atom. The molecule has 3 aromatic carbocycles. The SMILES string of the molecule is O=C1CC(=O)C(Cc2ccc(OC[C@@H](OC(=O)c3ccccc3)c3ccc(OC(F)(F)F)cc3)cc2)S1. The van der Waals surface area contributed by atoms with Crippen LogP contribution in [0.15, 0.2) is 78.9 Å². The van der Waals surface area contributed by atoms with Gasteiger partial charge in [-0.15, -0.1) is 13.2 Å². The Hall–Kier alpha value is -3.79. The van der Waals surface area contributed by atoms with Gasteiger partial charge in [0.15, 0.2) is 17.0 Å². The second kappa shape index (κ2) is 11.5. The first kappa shape index (κ1) is 26.3. The molecule has 1 aliphatic heterocycles. The van der Waals surface area contributed by atoms with Crippen molar-refractivity contribution >= 4 is 28.6 Å². The van der Waals surface area contributed by atoms with Crippen molar-refractivity contribution in [3.05, 3.63) is 95.6 Å². The number of hydrogen-bond acceptors (Lipinski definition) is 7. The molecular formula is C27H21F3O6S. The highest BCUT2D eigenvalue weighted by Gasteiger charge is 2.32. The summed E-state index contributed by atoms with van der Waals surface area (Å²) < 4.78 is 52.9. The fourth-order valence-electron chi connectivity index (χ4n) is 3.64. The lowest BCUT2D eigenvalue weighted by atomic mass is 10.1. The summed E-state index contributed by atoms with van der Waals surface area (Å²) in [5.74, 6) is -0.636. The largest absolute Gasteiger partial charge is 0.573 e. The predicted molar refractivity (Wildman–Crippen MR) is 129 cm³/mol. The Morgan fingerprint density at radius 1 is 0.919 bits per heavy atom. The molecule has 0 saturated carbocycles. The first-order valence-electron chi connectivity index (χ1n) is 11.2. The zero-order chi connectivity index (χ0) is 26.4. The van der Waals surface area contributed by atoms with Gasteiger partial charge in [-0.25, -0.2) is 4.79 Å². The Morgan fingerprint density at radius 3 is 2.16 bits per heavy atom. The number of ketones is 1. The van der Waals surface area contributed by atoms with E-state index in [1.807, 2.05) is 0 Å². The first-order valence-corrected chi connectivity index (χ1v) is 12.1. The number of esters is 1. The van der Waals surface area contributed by atoms with Crippen LogP contribution in [0.5, 0.6) is 11.5 Å². The molecule has 3 aromatic rings. The number of carbonyl (C=O) groups excluding carboxylic acids is 3. The van der Waals surface area contributed by atoms with Crippen molar-refractivity contribution in [1.29, 1.82) is 0 Å². The van der Waals surface area contributed by atoms with Crippen LogP contribution in [0.4, 0.5) is 13.2 Å². The monoisotopic (exact) mass is 530 g/mol. The maximum absolute atomic E-state index is 12.6. The predicted octanol–water partition coefficient (Wildman–Crippen LogP) is 5.71. The van der Waals surface area contributed by atoms with Gasteiger partial charge in [-0.1, -0.05) is 54.2 Å². The van der Waals surface area contributed by atoms with E-state index in [0.29, 0.717) is 23.3 Å². The van der Waals surface area contributed by atoms with Gasteiger partial charge in [-0.3, -0.25) is 9.59 Å². The summed E-state index contributed by atoms with van der Waals surface area (Å²) >= 11 is 1.05. The molecule has 4 rings (SSSR count). The number of ether oxygens (including phenoxy) is 3. The van der Waals surface area contributed by atoms with Crippen molar-refractivity contribution in [2.45, 2.75) is 30.6 Å². The van der Waals surface area contributed by atoms with Crippen LogP contribution in [0, 0.1) is 0 Å². The normalized spacial score (nSPS) is 16.4. The summed E-state index contributed by atoms with van der Waals surface area (Å²) in [4.78, 5) is 36.0. The lowest BCUT2D eigenvalue weighted by Crippen LogP contribution is -2.19. The van der Waals surface area contributed by atoms with Crippen molar-refractivity contribution in [3.8, 4) is 11.5 Å². The smallest absolute Gasteiger partial charge is 0.489 e. The number of thioether (sulfide) groups is 1. The molecule has 6 nitrogen and oxygen atoms in total. The van der Waals surface area contributed by atoms with E-state index in [9.17, 15) is 27.6 Å². The van der Waals surface area contributed by atoms with Gasteiger partial charge in [-0.05, 0) is 53.9 Å². The third kappa shape index (κ3) is 7.60. The van der Waals surface area contributed by atoms with Gasteiger partial charge in [0.2, 0.25) is 0 Å². The van der Waals surface area contributed by atoms with Crippen LogP contribution in [-0.4, -0.2) is 35.1 Å². The molecular weight excluding hydrogens is 509 g/mol. The van der Waals surface area contributed by atoms with Crippen molar-refractivity contribution < 1.29 is 41.8 Å². The quantitative estimate of drug-likeness (QED) is 0.259. The van der Waals surface area contributed by atoms with Crippen LogP contribution in [0.1, 0.15) is 34.0 Å². The Balaban J connectivity index is 1.44. The van der Waals surface area contributed by atoms with E-state index >= 15 is 0 Å². The average Bonchev–Trinajstić information content (AvgIpc) is 3.18. The van der Waals surface area contributed by atoms with E-state index in [0.717, 1.165) is 29.5 Å². The van der Waals surface area contributed by atoms with E-state index in [4.69, 9.17) is 9.47 Å². The van der Waals surface area contributed by atoms with Gasteiger partial charge in [0, 0.05) is 0 Å². The molecule has 0 N–H and O–H groups in total. The van der Waals surface area contributed by atoms with E-state index in [2.05, 4.69) is 4.74 Å². The fourth-order valence-corrected chi connectivity index (χ4v) is 4.67. The average molecular weight is 531 g/mol. The number of rotatable bonds is 9. The second-order valence-electron chi connectivity index (χ2n) is 8.16. The molecule has 1 fully saturated rings. The molecule has 0 spiro atoms. The highest BCUT2D eigenvalue weighted by atomic mass is 32.2. The molecule has 1 saturated heterocycles. The maximum atomic E-state index is 12.6. The Bertz CT molecular complexity index is 1240. The van der Waals surface area contributed by atoms with Crippen molar-refractivity contribution in [2.24, 2.45) is 0 Å². The molecule has 1 heterocycles. The fraction of sp³-hybridized carbons (Fsp3) is 0.222. The minimum absolute atomic E-state index is 0.0388. The van der Waals surface area contributed by atoms with E-state index < -0.39 is 24.2 Å². The molecule has 1 aliphatic rings. The van der Waals surface area contributed by atoms with Crippen molar-refractivity contribution in [1.82, 2.24) is 0 Å². The summed E-state index contributed by atoms with van der Waals surface area (Å²) in [7, 11) is 0. The van der Waals surface area contributed by atoms with E-state index in [-0.39, 0.29) is 29.2 Å². The molecule has 0 radical (unpaired) electrons. The molecule has 0 aliphatic carbocycles. The van der Waals surface area contributed by atoms with E-state index in [1.165, 1.54) is 12.1 Å². The number of halogens is 3. The van der Waals surface area contributed by atoms with Gasteiger partial charge >= 0.3 is 12.3 Å². The molecule has 192 valence electrons. The van der Waals surface area contributed by atoms with E-state index in [1.54, 1.807) is 54.6 Å². The summed E-state index contributed by atoms with van der Waals surface area (Å²) in [5.41, 5.74) is 1.59. The number of carbonyl (C=O) groups is 3. The summed E-state index contributed by atoms with van der Waals surface area (Å²) in [6.07, 6.45) is -5.36. The van der Waals surface area contributed by atoms with Crippen LogP contribution in [0.2, 0.25) is 0 Å². The van der Waals surface area contributed by atoms with Crippen LogP contribution < -0.4 is 9.47 Å². The first-order chi connectivity index (χ1) is 17.7. The maximum Gasteiger partial charge on any atom is 0.573 e. The van der Waals surface area contributed by atoms with Gasteiger partial charge in [0.1, 0.15) is 18.1 Å². The third-order valence-corrected chi connectivity index (χ3v) is 6.56. The molecule has 0 amide bonds. The second-order valence-corrected chi connectivity index (χ2v) is 9.42. The molecule has 0 bridgehead atoms.